The van der Waals surface area contributed by atoms with E-state index in [1.54, 1.807) is 0 Å². The normalized spacial score (nSPS) is 12.5. The van der Waals surface area contributed by atoms with Crippen LogP contribution in [0.5, 0.6) is 0 Å². The molecular weight excluding hydrogens is 487 g/mol. The molecular formula is C23H19IN6. The number of rotatable bonds is 3. The van der Waals surface area contributed by atoms with Crippen LogP contribution in [0, 0.1) is 10.6 Å². The Balaban J connectivity index is 1.79. The third-order valence-electron chi connectivity index (χ3n) is 5.43. The van der Waals surface area contributed by atoms with Crippen molar-refractivity contribution in [3.8, 4) is 11.1 Å². The summed E-state index contributed by atoms with van der Waals surface area (Å²) in [6.07, 6.45) is 1.48. The van der Waals surface area contributed by atoms with Crippen molar-refractivity contribution in [1.82, 2.24) is 24.7 Å². The highest BCUT2D eigenvalue weighted by molar-refractivity contribution is 14.1. The highest BCUT2D eigenvalue weighted by Gasteiger charge is 2.23. The maximum atomic E-state index is 6.10. The van der Waals surface area contributed by atoms with Crippen LogP contribution in [0.2, 0.25) is 0 Å². The predicted octanol–water partition coefficient (Wildman–Crippen LogP) is 5.15. The average Bonchev–Trinajstić information content (AvgIpc) is 3.10. The van der Waals surface area contributed by atoms with Crippen LogP contribution >= 0.6 is 22.6 Å². The molecule has 0 amide bonds. The number of pyridine rings is 1. The molecule has 0 aliphatic heterocycles. The molecule has 5 rings (SSSR count). The fraction of sp³-hybridized carbons (Fsp3) is 0.130. The summed E-state index contributed by atoms with van der Waals surface area (Å²) in [5.41, 5.74) is 12.2. The number of aromatic nitrogens is 5. The molecule has 0 saturated carbocycles. The van der Waals surface area contributed by atoms with Gasteiger partial charge in [-0.3, -0.25) is 0 Å². The molecule has 3 aromatic heterocycles. The second-order valence-electron chi connectivity index (χ2n) is 7.30. The van der Waals surface area contributed by atoms with Crippen LogP contribution in [-0.2, 0) is 0 Å². The van der Waals surface area contributed by atoms with Crippen LogP contribution in [0.1, 0.15) is 24.2 Å². The minimum Gasteiger partial charge on any atom is -0.383 e. The average molecular weight is 506 g/mol. The molecule has 0 saturated heterocycles. The fourth-order valence-corrected chi connectivity index (χ4v) is 4.63. The van der Waals surface area contributed by atoms with E-state index in [9.17, 15) is 0 Å². The molecule has 0 bridgehead atoms. The molecule has 30 heavy (non-hydrogen) atoms. The second-order valence-corrected chi connectivity index (χ2v) is 8.32. The van der Waals surface area contributed by atoms with E-state index in [1.165, 1.54) is 11.9 Å². The lowest BCUT2D eigenvalue weighted by Gasteiger charge is -2.19. The number of fused-ring (bicyclic) bond motifs is 2. The number of benzene rings is 2. The van der Waals surface area contributed by atoms with Crippen LogP contribution in [0.15, 0.2) is 60.9 Å². The van der Waals surface area contributed by atoms with E-state index in [-0.39, 0.29) is 6.04 Å². The van der Waals surface area contributed by atoms with Gasteiger partial charge < -0.3 is 5.73 Å². The van der Waals surface area contributed by atoms with Crippen molar-refractivity contribution in [2.75, 3.05) is 5.73 Å². The largest absolute Gasteiger partial charge is 0.383 e. The van der Waals surface area contributed by atoms with Crippen molar-refractivity contribution < 1.29 is 0 Å². The van der Waals surface area contributed by atoms with Gasteiger partial charge in [-0.15, -0.1) is 0 Å². The van der Waals surface area contributed by atoms with E-state index in [2.05, 4.69) is 82.8 Å². The van der Waals surface area contributed by atoms with Crippen molar-refractivity contribution in [3.63, 3.8) is 0 Å². The third kappa shape index (κ3) is 3.00. The van der Waals surface area contributed by atoms with Gasteiger partial charge in [0.1, 0.15) is 15.8 Å². The maximum Gasteiger partial charge on any atom is 0.165 e. The van der Waals surface area contributed by atoms with E-state index in [1.807, 2.05) is 22.9 Å². The van der Waals surface area contributed by atoms with Crippen molar-refractivity contribution in [2.45, 2.75) is 19.9 Å². The molecule has 1 atom stereocenters. The zero-order valence-electron chi connectivity index (χ0n) is 16.5. The highest BCUT2D eigenvalue weighted by atomic mass is 127. The summed E-state index contributed by atoms with van der Waals surface area (Å²) >= 11 is 2.18. The van der Waals surface area contributed by atoms with Gasteiger partial charge in [0, 0.05) is 10.9 Å². The van der Waals surface area contributed by atoms with Crippen LogP contribution < -0.4 is 5.73 Å². The molecule has 2 N–H and O–H groups in total. The number of hydrogen-bond acceptors (Lipinski definition) is 5. The summed E-state index contributed by atoms with van der Waals surface area (Å²) in [7, 11) is 0. The lowest BCUT2D eigenvalue weighted by molar-refractivity contribution is 0.564. The molecule has 148 valence electrons. The number of aryl methyl sites for hydroxylation is 1. The predicted molar refractivity (Wildman–Crippen MR) is 128 cm³/mol. The van der Waals surface area contributed by atoms with E-state index in [4.69, 9.17) is 15.8 Å². The molecule has 2 aromatic carbocycles. The fourth-order valence-electron chi connectivity index (χ4n) is 3.88. The number of nitrogens with zero attached hydrogens (tertiary/aromatic N) is 5. The van der Waals surface area contributed by atoms with Gasteiger partial charge in [0.25, 0.3) is 0 Å². The van der Waals surface area contributed by atoms with Crippen molar-refractivity contribution in [3.05, 3.63) is 75.9 Å². The summed E-state index contributed by atoms with van der Waals surface area (Å²) in [6.45, 7) is 4.22. The minimum absolute atomic E-state index is 0.149. The molecule has 0 spiro atoms. The zero-order chi connectivity index (χ0) is 20.8. The molecule has 0 radical (unpaired) electrons. The summed E-state index contributed by atoms with van der Waals surface area (Å²) in [4.78, 5) is 13.7. The molecule has 0 aliphatic rings. The first-order valence-electron chi connectivity index (χ1n) is 9.64. The van der Waals surface area contributed by atoms with Crippen LogP contribution in [0.4, 0.5) is 5.82 Å². The van der Waals surface area contributed by atoms with E-state index in [0.29, 0.717) is 11.5 Å². The zero-order valence-corrected chi connectivity index (χ0v) is 18.7. The number of hydrogen-bond donors (Lipinski definition) is 1. The number of nitrogens with two attached hydrogens (primary N) is 1. The molecule has 3 heterocycles. The van der Waals surface area contributed by atoms with Gasteiger partial charge >= 0.3 is 0 Å². The van der Waals surface area contributed by atoms with Gasteiger partial charge in [0.15, 0.2) is 5.65 Å². The summed E-state index contributed by atoms with van der Waals surface area (Å²) < 4.78 is 2.68. The molecule has 1 unspecified atom stereocenters. The van der Waals surface area contributed by atoms with Crippen LogP contribution in [0.25, 0.3) is 33.1 Å². The van der Waals surface area contributed by atoms with Crippen molar-refractivity contribution in [1.29, 1.82) is 0 Å². The number of nitrogen functional groups attached to an aromatic ring is 1. The van der Waals surface area contributed by atoms with Crippen molar-refractivity contribution in [2.24, 2.45) is 0 Å². The standard InChI is InChI=1S/C23H19IN6/c1-13-7-3-5-9-16(13)17-11-15-8-4-6-10-18(15)28-20(17)14(2)30-23-19(21(24)29-30)22(25)26-12-27-23/h3-12,14H,1-2H3,(H2,25,26,27). The Hall–Kier alpha value is -3.07. The van der Waals surface area contributed by atoms with Gasteiger partial charge in [-0.05, 0) is 59.7 Å². The second kappa shape index (κ2) is 7.32. The molecule has 7 heteroatoms. The Morgan fingerprint density at radius 2 is 1.77 bits per heavy atom. The Morgan fingerprint density at radius 3 is 2.60 bits per heavy atom. The number of para-hydroxylation sites is 1. The van der Waals surface area contributed by atoms with Gasteiger partial charge in [-0.2, -0.15) is 5.10 Å². The van der Waals surface area contributed by atoms with E-state index < -0.39 is 0 Å². The molecule has 6 nitrogen and oxygen atoms in total. The van der Waals surface area contributed by atoms with Gasteiger partial charge in [0.2, 0.25) is 0 Å². The Bertz CT molecular complexity index is 1410. The highest BCUT2D eigenvalue weighted by Crippen LogP contribution is 2.35. The van der Waals surface area contributed by atoms with Gasteiger partial charge in [0.05, 0.1) is 22.6 Å². The smallest absolute Gasteiger partial charge is 0.165 e. The molecule has 0 fully saturated rings. The Kier molecular flexibility index (Phi) is 4.62. The first-order chi connectivity index (χ1) is 14.5. The van der Waals surface area contributed by atoms with E-state index >= 15 is 0 Å². The molecule has 5 aromatic rings. The quantitative estimate of drug-likeness (QED) is 0.343. The summed E-state index contributed by atoms with van der Waals surface area (Å²) in [5, 5.41) is 6.64. The van der Waals surface area contributed by atoms with Crippen molar-refractivity contribution >= 4 is 50.3 Å². The lowest BCUT2D eigenvalue weighted by Crippen LogP contribution is -2.13. The first-order valence-corrected chi connectivity index (χ1v) is 10.7. The lowest BCUT2D eigenvalue weighted by atomic mass is 9.95. The summed E-state index contributed by atoms with van der Waals surface area (Å²) in [5.74, 6) is 0.438. The third-order valence-corrected chi connectivity index (χ3v) is 6.18. The monoisotopic (exact) mass is 506 g/mol. The van der Waals surface area contributed by atoms with Gasteiger partial charge in [-0.1, -0.05) is 42.5 Å². The van der Waals surface area contributed by atoms with Crippen LogP contribution in [0.3, 0.4) is 0 Å². The van der Waals surface area contributed by atoms with Gasteiger partial charge in [-0.25, -0.2) is 19.6 Å². The van der Waals surface area contributed by atoms with E-state index in [0.717, 1.165) is 36.8 Å². The first kappa shape index (κ1) is 18.9. The Labute approximate surface area is 187 Å². The topological polar surface area (TPSA) is 82.5 Å². The molecule has 0 aliphatic carbocycles. The summed E-state index contributed by atoms with van der Waals surface area (Å²) in [6, 6.07) is 18.6. The minimum atomic E-state index is -0.149. The van der Waals surface area contributed by atoms with Crippen LogP contribution in [-0.4, -0.2) is 24.7 Å². The maximum absolute atomic E-state index is 6.10. The SMILES string of the molecule is Cc1ccccc1-c1cc2ccccc2nc1C(C)n1nc(I)c2c(N)ncnc21. The Morgan fingerprint density at radius 1 is 1.00 bits per heavy atom. The number of anilines is 1. The number of halogens is 1.